The van der Waals surface area contributed by atoms with Gasteiger partial charge >= 0.3 is 0 Å². The highest BCUT2D eigenvalue weighted by Gasteiger charge is 2.22. The first-order valence-corrected chi connectivity index (χ1v) is 8.39. The van der Waals surface area contributed by atoms with E-state index in [1.54, 1.807) is 33.1 Å². The van der Waals surface area contributed by atoms with E-state index < -0.39 is 10.0 Å². The van der Waals surface area contributed by atoms with E-state index in [0.29, 0.717) is 34.9 Å². The highest BCUT2D eigenvalue weighted by atomic mass is 32.2. The van der Waals surface area contributed by atoms with Gasteiger partial charge in [0, 0.05) is 19.6 Å². The standard InChI is InChI=1S/C14H22N2O4S/c1-10-6-12(19-3)7-11(2)14(10)21(17,18)16-9-13-8-15-4-5-20-13/h6-7,13,15-16H,4-5,8-9H2,1-3H3. The van der Waals surface area contributed by atoms with E-state index in [1.807, 2.05) is 0 Å². The maximum Gasteiger partial charge on any atom is 0.241 e. The summed E-state index contributed by atoms with van der Waals surface area (Å²) in [6, 6.07) is 3.44. The summed E-state index contributed by atoms with van der Waals surface area (Å²) in [5.41, 5.74) is 1.34. The number of methoxy groups -OCH3 is 1. The minimum atomic E-state index is -3.56. The molecule has 118 valence electrons. The van der Waals surface area contributed by atoms with Gasteiger partial charge in [-0.25, -0.2) is 13.1 Å². The van der Waals surface area contributed by atoms with Gasteiger partial charge < -0.3 is 14.8 Å². The molecule has 1 fully saturated rings. The molecule has 0 bridgehead atoms. The van der Waals surface area contributed by atoms with Crippen molar-refractivity contribution in [3.63, 3.8) is 0 Å². The Morgan fingerprint density at radius 3 is 2.57 bits per heavy atom. The average Bonchev–Trinajstić information content (AvgIpc) is 2.45. The van der Waals surface area contributed by atoms with E-state index in [4.69, 9.17) is 9.47 Å². The Balaban J connectivity index is 2.15. The van der Waals surface area contributed by atoms with Crippen molar-refractivity contribution in [1.82, 2.24) is 10.0 Å². The highest BCUT2D eigenvalue weighted by molar-refractivity contribution is 7.89. The molecule has 0 aromatic heterocycles. The van der Waals surface area contributed by atoms with Crippen molar-refractivity contribution in [2.75, 3.05) is 33.4 Å². The first-order chi connectivity index (χ1) is 9.94. The third-order valence-corrected chi connectivity index (χ3v) is 5.17. The zero-order valence-electron chi connectivity index (χ0n) is 12.6. The number of sulfonamides is 1. The van der Waals surface area contributed by atoms with Crippen molar-refractivity contribution < 1.29 is 17.9 Å². The fraction of sp³-hybridized carbons (Fsp3) is 0.571. The van der Waals surface area contributed by atoms with Crippen LogP contribution in [-0.4, -0.2) is 47.9 Å². The molecular weight excluding hydrogens is 292 g/mol. The fourth-order valence-electron chi connectivity index (χ4n) is 2.48. The molecule has 0 spiro atoms. The van der Waals surface area contributed by atoms with Crippen molar-refractivity contribution in [2.45, 2.75) is 24.8 Å². The van der Waals surface area contributed by atoms with Gasteiger partial charge in [0.05, 0.1) is 24.7 Å². The van der Waals surface area contributed by atoms with Crippen molar-refractivity contribution in [2.24, 2.45) is 0 Å². The van der Waals surface area contributed by atoms with Crippen LogP contribution in [0.3, 0.4) is 0 Å². The second-order valence-corrected chi connectivity index (χ2v) is 6.84. The predicted octanol–water partition coefficient (Wildman–Crippen LogP) is 0.579. The van der Waals surface area contributed by atoms with Gasteiger partial charge in [-0.15, -0.1) is 0 Å². The summed E-state index contributed by atoms with van der Waals surface area (Å²) >= 11 is 0. The number of ether oxygens (including phenoxy) is 2. The maximum atomic E-state index is 12.5. The van der Waals surface area contributed by atoms with Crippen LogP contribution in [0.1, 0.15) is 11.1 Å². The molecule has 0 saturated carbocycles. The van der Waals surface area contributed by atoms with Gasteiger partial charge in [0.2, 0.25) is 10.0 Å². The second kappa shape index (κ2) is 6.74. The lowest BCUT2D eigenvalue weighted by Gasteiger charge is -2.24. The average molecular weight is 314 g/mol. The Labute approximate surface area is 125 Å². The summed E-state index contributed by atoms with van der Waals surface area (Å²) in [6.45, 7) is 5.86. The molecule has 1 aliphatic heterocycles. The number of nitrogens with one attached hydrogen (secondary N) is 2. The molecule has 6 nitrogen and oxygen atoms in total. The van der Waals surface area contributed by atoms with Crippen LogP contribution >= 0.6 is 0 Å². The Hall–Kier alpha value is -1.15. The van der Waals surface area contributed by atoms with Gasteiger partial charge in [-0.1, -0.05) is 0 Å². The van der Waals surface area contributed by atoms with Crippen LogP contribution in [0.25, 0.3) is 0 Å². The van der Waals surface area contributed by atoms with Gasteiger partial charge in [-0.2, -0.15) is 0 Å². The minimum absolute atomic E-state index is 0.132. The molecule has 1 aromatic carbocycles. The lowest BCUT2D eigenvalue weighted by molar-refractivity contribution is 0.0324. The SMILES string of the molecule is COc1cc(C)c(S(=O)(=O)NCC2CNCCO2)c(C)c1. The fourth-order valence-corrected chi connectivity index (χ4v) is 3.99. The molecule has 7 heteroatoms. The number of benzene rings is 1. The topological polar surface area (TPSA) is 76.7 Å². The normalized spacial score (nSPS) is 19.5. The summed E-state index contributed by atoms with van der Waals surface area (Å²) in [4.78, 5) is 0.312. The monoisotopic (exact) mass is 314 g/mol. The molecule has 2 rings (SSSR count). The predicted molar refractivity (Wildman–Crippen MR) is 80.3 cm³/mol. The van der Waals surface area contributed by atoms with Crippen molar-refractivity contribution in [1.29, 1.82) is 0 Å². The summed E-state index contributed by atoms with van der Waals surface area (Å²) in [6.07, 6.45) is -0.132. The van der Waals surface area contributed by atoms with E-state index in [1.165, 1.54) is 0 Å². The van der Waals surface area contributed by atoms with Crippen LogP contribution in [0.2, 0.25) is 0 Å². The molecule has 1 unspecified atom stereocenters. The van der Waals surface area contributed by atoms with Crippen LogP contribution in [-0.2, 0) is 14.8 Å². The zero-order chi connectivity index (χ0) is 15.5. The minimum Gasteiger partial charge on any atom is -0.497 e. The molecule has 2 N–H and O–H groups in total. The van der Waals surface area contributed by atoms with E-state index >= 15 is 0 Å². The van der Waals surface area contributed by atoms with Crippen molar-refractivity contribution in [3.8, 4) is 5.75 Å². The van der Waals surface area contributed by atoms with Crippen LogP contribution in [0, 0.1) is 13.8 Å². The van der Waals surface area contributed by atoms with E-state index in [0.717, 1.165) is 6.54 Å². The smallest absolute Gasteiger partial charge is 0.241 e. The number of hydrogen-bond donors (Lipinski definition) is 2. The molecule has 0 radical (unpaired) electrons. The molecule has 1 heterocycles. The van der Waals surface area contributed by atoms with Gasteiger partial charge in [0.25, 0.3) is 0 Å². The van der Waals surface area contributed by atoms with Gasteiger partial charge in [0.1, 0.15) is 5.75 Å². The number of morpholine rings is 1. The highest BCUT2D eigenvalue weighted by Crippen LogP contribution is 2.25. The first-order valence-electron chi connectivity index (χ1n) is 6.91. The molecule has 1 saturated heterocycles. The summed E-state index contributed by atoms with van der Waals surface area (Å²) < 4.78 is 38.3. The summed E-state index contributed by atoms with van der Waals surface area (Å²) in [5, 5.41) is 3.17. The Kier molecular flexibility index (Phi) is 5.21. The zero-order valence-corrected chi connectivity index (χ0v) is 13.4. The maximum absolute atomic E-state index is 12.5. The van der Waals surface area contributed by atoms with Crippen LogP contribution in [0.15, 0.2) is 17.0 Å². The Morgan fingerprint density at radius 2 is 2.05 bits per heavy atom. The van der Waals surface area contributed by atoms with Crippen LogP contribution < -0.4 is 14.8 Å². The van der Waals surface area contributed by atoms with E-state index in [2.05, 4.69) is 10.0 Å². The van der Waals surface area contributed by atoms with Gasteiger partial charge in [-0.05, 0) is 37.1 Å². The summed E-state index contributed by atoms with van der Waals surface area (Å²) in [5.74, 6) is 0.656. The molecule has 1 aromatic rings. The number of aryl methyl sites for hydroxylation is 2. The molecule has 0 aliphatic carbocycles. The molecule has 21 heavy (non-hydrogen) atoms. The third-order valence-electron chi connectivity index (χ3n) is 3.44. The lowest BCUT2D eigenvalue weighted by Crippen LogP contribution is -2.45. The molecule has 1 aliphatic rings. The Morgan fingerprint density at radius 1 is 1.38 bits per heavy atom. The summed E-state index contributed by atoms with van der Waals surface area (Å²) in [7, 11) is -2.00. The molecule has 1 atom stereocenters. The molecule has 0 amide bonds. The number of hydrogen-bond acceptors (Lipinski definition) is 5. The van der Waals surface area contributed by atoms with E-state index in [9.17, 15) is 8.42 Å². The third kappa shape index (κ3) is 3.94. The van der Waals surface area contributed by atoms with Crippen molar-refractivity contribution in [3.05, 3.63) is 23.3 Å². The van der Waals surface area contributed by atoms with Gasteiger partial charge in [0.15, 0.2) is 0 Å². The largest absolute Gasteiger partial charge is 0.497 e. The van der Waals surface area contributed by atoms with Gasteiger partial charge in [-0.3, -0.25) is 0 Å². The first kappa shape index (κ1) is 16.2. The second-order valence-electron chi connectivity index (χ2n) is 5.14. The van der Waals surface area contributed by atoms with Crippen LogP contribution in [0.4, 0.5) is 0 Å². The quantitative estimate of drug-likeness (QED) is 0.831. The Bertz CT molecular complexity index is 572. The van der Waals surface area contributed by atoms with E-state index in [-0.39, 0.29) is 12.6 Å². The number of rotatable bonds is 5. The van der Waals surface area contributed by atoms with Crippen LogP contribution in [0.5, 0.6) is 5.75 Å². The lowest BCUT2D eigenvalue weighted by atomic mass is 10.1. The van der Waals surface area contributed by atoms with Crippen molar-refractivity contribution >= 4 is 10.0 Å². The molecular formula is C14H22N2O4S.